The first kappa shape index (κ1) is 22.9. The first-order valence-electron chi connectivity index (χ1n) is 10.7. The second-order valence-corrected chi connectivity index (χ2v) is 12.3. The molecule has 0 spiro atoms. The van der Waals surface area contributed by atoms with Gasteiger partial charge in [-0.1, -0.05) is 44.2 Å². The van der Waals surface area contributed by atoms with Crippen LogP contribution in [0.25, 0.3) is 10.2 Å². The van der Waals surface area contributed by atoms with Gasteiger partial charge in [0.2, 0.25) is 0 Å². The van der Waals surface area contributed by atoms with Gasteiger partial charge in [0, 0.05) is 18.4 Å². The van der Waals surface area contributed by atoms with Crippen LogP contribution in [0.15, 0.2) is 47.4 Å². The van der Waals surface area contributed by atoms with Crippen molar-refractivity contribution in [1.82, 2.24) is 4.98 Å². The van der Waals surface area contributed by atoms with Gasteiger partial charge in [-0.25, -0.2) is 13.4 Å². The molecular formula is C24H28N2O4S2. The standard InChI is InChI=1S/C24H28N2O4S2/c1-24(2,3)17-9-7-16(8-10-17)22(27)26(15-18-6-5-13-30-18)23-25-20-12-11-19(32(4,28)29)14-21(20)31-23/h7-12,14,18H,5-6,13,15H2,1-4H3. The van der Waals surface area contributed by atoms with E-state index in [1.807, 2.05) is 24.3 Å². The summed E-state index contributed by atoms with van der Waals surface area (Å²) in [7, 11) is -3.32. The second-order valence-electron chi connectivity index (χ2n) is 9.28. The van der Waals surface area contributed by atoms with Gasteiger partial charge in [0.25, 0.3) is 5.91 Å². The van der Waals surface area contributed by atoms with Gasteiger partial charge in [0.15, 0.2) is 15.0 Å². The van der Waals surface area contributed by atoms with E-state index < -0.39 is 9.84 Å². The average Bonchev–Trinajstić information content (AvgIpc) is 3.39. The van der Waals surface area contributed by atoms with Crippen molar-refractivity contribution in [2.75, 3.05) is 24.3 Å². The number of hydrogen-bond acceptors (Lipinski definition) is 6. The maximum Gasteiger partial charge on any atom is 0.260 e. The van der Waals surface area contributed by atoms with E-state index in [0.29, 0.717) is 29.4 Å². The summed E-state index contributed by atoms with van der Waals surface area (Å²) in [4.78, 5) is 20.1. The van der Waals surface area contributed by atoms with Gasteiger partial charge in [0.1, 0.15) is 0 Å². The van der Waals surface area contributed by atoms with Gasteiger partial charge >= 0.3 is 0 Å². The largest absolute Gasteiger partial charge is 0.376 e. The molecule has 8 heteroatoms. The smallest absolute Gasteiger partial charge is 0.260 e. The molecule has 1 amide bonds. The number of nitrogens with zero attached hydrogens (tertiary/aromatic N) is 2. The van der Waals surface area contributed by atoms with Gasteiger partial charge in [-0.3, -0.25) is 9.69 Å². The van der Waals surface area contributed by atoms with Crippen LogP contribution in [-0.2, 0) is 20.0 Å². The summed E-state index contributed by atoms with van der Waals surface area (Å²) in [6, 6.07) is 12.6. The lowest BCUT2D eigenvalue weighted by molar-refractivity contribution is 0.0917. The van der Waals surface area contributed by atoms with Crippen LogP contribution < -0.4 is 4.90 Å². The second kappa shape index (κ2) is 8.57. The number of aromatic nitrogens is 1. The zero-order valence-corrected chi connectivity index (χ0v) is 20.4. The molecule has 1 aliphatic rings. The van der Waals surface area contributed by atoms with Crippen LogP contribution in [0.5, 0.6) is 0 Å². The van der Waals surface area contributed by atoms with Crippen LogP contribution >= 0.6 is 11.3 Å². The lowest BCUT2D eigenvalue weighted by atomic mass is 9.86. The van der Waals surface area contributed by atoms with Crippen LogP contribution in [0.3, 0.4) is 0 Å². The SMILES string of the molecule is CC(C)(C)c1ccc(C(=O)N(CC2CCCO2)c2nc3ccc(S(C)(=O)=O)cc3s2)cc1. The predicted molar refractivity (Wildman–Crippen MR) is 129 cm³/mol. The number of benzene rings is 2. The van der Waals surface area contributed by atoms with Gasteiger partial charge in [-0.2, -0.15) is 0 Å². The Kier molecular flexibility index (Phi) is 6.13. The van der Waals surface area contributed by atoms with Gasteiger partial charge in [-0.05, 0) is 54.2 Å². The summed E-state index contributed by atoms with van der Waals surface area (Å²) in [5.41, 5.74) is 2.43. The molecular weight excluding hydrogens is 444 g/mol. The number of anilines is 1. The number of rotatable bonds is 5. The molecule has 0 bridgehead atoms. The molecule has 2 aromatic carbocycles. The van der Waals surface area contributed by atoms with E-state index in [0.717, 1.165) is 23.1 Å². The summed E-state index contributed by atoms with van der Waals surface area (Å²) in [6.07, 6.45) is 3.02. The third-order valence-corrected chi connectivity index (χ3v) is 7.81. The Balaban J connectivity index is 1.71. The molecule has 170 valence electrons. The van der Waals surface area contributed by atoms with Gasteiger partial charge < -0.3 is 4.74 Å². The molecule has 1 aromatic heterocycles. The number of carbonyl (C=O) groups excluding carboxylic acids is 1. The number of sulfone groups is 1. The van der Waals surface area contributed by atoms with Crippen LogP contribution in [-0.4, -0.2) is 44.8 Å². The molecule has 1 aliphatic heterocycles. The van der Waals surface area contributed by atoms with E-state index >= 15 is 0 Å². The Bertz CT molecular complexity index is 1240. The molecule has 1 fully saturated rings. The lowest BCUT2D eigenvalue weighted by Crippen LogP contribution is -2.37. The van der Waals surface area contributed by atoms with E-state index in [2.05, 4.69) is 25.8 Å². The number of thiazole rings is 1. The van der Waals surface area contributed by atoms with Gasteiger partial charge in [0.05, 0.1) is 27.8 Å². The number of carbonyl (C=O) groups is 1. The summed E-state index contributed by atoms with van der Waals surface area (Å²) in [5.74, 6) is -0.136. The Morgan fingerprint density at radius 2 is 1.91 bits per heavy atom. The zero-order valence-electron chi connectivity index (χ0n) is 18.8. The molecule has 4 rings (SSSR count). The van der Waals surface area contributed by atoms with E-state index in [4.69, 9.17) is 4.74 Å². The van der Waals surface area contributed by atoms with Crippen LogP contribution in [0, 0.1) is 0 Å². The average molecular weight is 473 g/mol. The highest BCUT2D eigenvalue weighted by atomic mass is 32.2. The van der Waals surface area contributed by atoms with Crippen molar-refractivity contribution in [3.8, 4) is 0 Å². The quantitative estimate of drug-likeness (QED) is 0.532. The Hall–Kier alpha value is -2.29. The van der Waals surface area contributed by atoms with Crippen molar-refractivity contribution in [3.63, 3.8) is 0 Å². The monoisotopic (exact) mass is 472 g/mol. The molecule has 0 saturated carbocycles. The maximum atomic E-state index is 13.5. The van der Waals surface area contributed by atoms with Crippen LogP contribution in [0.2, 0.25) is 0 Å². The third kappa shape index (κ3) is 4.87. The summed E-state index contributed by atoms with van der Waals surface area (Å²) < 4.78 is 30.4. The minimum atomic E-state index is -3.32. The highest BCUT2D eigenvalue weighted by Gasteiger charge is 2.27. The summed E-state index contributed by atoms with van der Waals surface area (Å²) in [5, 5.41) is 0.547. The predicted octanol–water partition coefficient (Wildman–Crippen LogP) is 4.82. The van der Waals surface area contributed by atoms with E-state index in [-0.39, 0.29) is 22.3 Å². The Labute approximate surface area is 193 Å². The molecule has 1 saturated heterocycles. The van der Waals surface area contributed by atoms with Crippen molar-refractivity contribution in [3.05, 3.63) is 53.6 Å². The fraction of sp³-hybridized carbons (Fsp3) is 0.417. The van der Waals surface area contributed by atoms with E-state index in [1.165, 1.54) is 17.6 Å². The van der Waals surface area contributed by atoms with Crippen LogP contribution in [0.1, 0.15) is 49.5 Å². The lowest BCUT2D eigenvalue weighted by Gasteiger charge is -2.24. The molecule has 3 aromatic rings. The molecule has 1 atom stereocenters. The summed E-state index contributed by atoms with van der Waals surface area (Å²) in [6.45, 7) is 7.53. The van der Waals surface area contributed by atoms with E-state index in [9.17, 15) is 13.2 Å². The first-order valence-corrected chi connectivity index (χ1v) is 13.4. The fourth-order valence-electron chi connectivity index (χ4n) is 3.75. The van der Waals surface area contributed by atoms with Crippen LogP contribution in [0.4, 0.5) is 5.13 Å². The molecule has 0 N–H and O–H groups in total. The zero-order chi connectivity index (χ0) is 23.1. The first-order chi connectivity index (χ1) is 15.0. The molecule has 0 aliphatic carbocycles. The fourth-order valence-corrected chi connectivity index (χ4v) is 5.48. The Morgan fingerprint density at radius 3 is 2.50 bits per heavy atom. The molecule has 32 heavy (non-hydrogen) atoms. The van der Waals surface area contributed by atoms with E-state index in [1.54, 1.807) is 23.1 Å². The van der Waals surface area contributed by atoms with Crippen molar-refractivity contribution in [1.29, 1.82) is 0 Å². The number of amides is 1. The third-order valence-electron chi connectivity index (χ3n) is 5.66. The Morgan fingerprint density at radius 1 is 1.19 bits per heavy atom. The highest BCUT2D eigenvalue weighted by Crippen LogP contribution is 2.33. The van der Waals surface area contributed by atoms with Crippen molar-refractivity contribution in [2.24, 2.45) is 0 Å². The normalized spacial score (nSPS) is 17.1. The van der Waals surface area contributed by atoms with Gasteiger partial charge in [-0.15, -0.1) is 0 Å². The molecule has 6 nitrogen and oxygen atoms in total. The molecule has 2 heterocycles. The maximum absolute atomic E-state index is 13.5. The number of ether oxygens (including phenoxy) is 1. The highest BCUT2D eigenvalue weighted by molar-refractivity contribution is 7.90. The minimum absolute atomic E-state index is 0.00328. The number of hydrogen-bond donors (Lipinski definition) is 0. The van der Waals surface area contributed by atoms with Crippen molar-refractivity contribution < 1.29 is 17.9 Å². The topological polar surface area (TPSA) is 76.6 Å². The molecule has 1 unspecified atom stereocenters. The summed E-state index contributed by atoms with van der Waals surface area (Å²) >= 11 is 1.32. The minimum Gasteiger partial charge on any atom is -0.376 e. The van der Waals surface area contributed by atoms with Crippen molar-refractivity contribution in [2.45, 2.75) is 50.0 Å². The van der Waals surface area contributed by atoms with Crippen molar-refractivity contribution >= 4 is 42.4 Å². The number of fused-ring (bicyclic) bond motifs is 1. The molecule has 0 radical (unpaired) electrons.